The van der Waals surface area contributed by atoms with E-state index in [1.807, 2.05) is 0 Å². The second-order valence-corrected chi connectivity index (χ2v) is 10.1. The molecule has 0 aromatic heterocycles. The average molecular weight is 404 g/mol. The van der Waals surface area contributed by atoms with Crippen LogP contribution in [0.2, 0.25) is 0 Å². The molecule has 7 heteroatoms. The van der Waals surface area contributed by atoms with Crippen molar-refractivity contribution >= 4 is 11.8 Å². The lowest BCUT2D eigenvalue weighted by Gasteiger charge is -2.57. The lowest BCUT2D eigenvalue weighted by molar-refractivity contribution is -0.246. The van der Waals surface area contributed by atoms with E-state index in [9.17, 15) is 9.59 Å². The molecule has 6 aliphatic rings. The van der Waals surface area contributed by atoms with E-state index in [-0.39, 0.29) is 48.0 Å². The van der Waals surface area contributed by atoms with Crippen LogP contribution in [0.1, 0.15) is 52.4 Å². The van der Waals surface area contributed by atoms with Crippen molar-refractivity contribution in [2.75, 3.05) is 20.2 Å². The third kappa shape index (κ3) is 2.03. The van der Waals surface area contributed by atoms with Crippen LogP contribution in [0.5, 0.6) is 0 Å². The Labute approximate surface area is 170 Å². The summed E-state index contributed by atoms with van der Waals surface area (Å²) in [6.07, 6.45) is 6.09. The van der Waals surface area contributed by atoms with Crippen LogP contribution >= 0.6 is 0 Å². The topological polar surface area (TPSA) is 80.3 Å². The Morgan fingerprint density at radius 1 is 1.07 bits per heavy atom. The van der Waals surface area contributed by atoms with E-state index >= 15 is 0 Å². The third-order valence-corrected chi connectivity index (χ3v) is 9.16. The number of fused-ring (bicyclic) bond motifs is 7. The third-order valence-electron chi connectivity index (χ3n) is 9.16. The summed E-state index contributed by atoms with van der Waals surface area (Å²) >= 11 is 0. The number of ketones is 1. The molecule has 0 amide bonds. The molecule has 29 heavy (non-hydrogen) atoms. The van der Waals surface area contributed by atoms with E-state index in [1.54, 1.807) is 0 Å². The van der Waals surface area contributed by atoms with Crippen molar-refractivity contribution in [2.24, 2.45) is 28.6 Å². The molecular weight excluding hydrogens is 376 g/mol. The van der Waals surface area contributed by atoms with Gasteiger partial charge in [0.15, 0.2) is 13.6 Å². The van der Waals surface area contributed by atoms with Crippen molar-refractivity contribution in [1.29, 1.82) is 0 Å². The number of ether oxygens (including phenoxy) is 5. The number of allylic oxidation sites excluding steroid dienone is 2. The molecule has 7 nitrogen and oxygen atoms in total. The zero-order chi connectivity index (χ0) is 20.1. The smallest absolute Gasteiger partial charge is 0.310 e. The van der Waals surface area contributed by atoms with Crippen molar-refractivity contribution in [3.63, 3.8) is 0 Å². The highest BCUT2D eigenvalue weighted by Gasteiger charge is 2.76. The lowest BCUT2D eigenvalue weighted by Crippen LogP contribution is -2.65. The summed E-state index contributed by atoms with van der Waals surface area (Å²) in [7, 11) is 0. The molecule has 3 saturated heterocycles. The van der Waals surface area contributed by atoms with Crippen LogP contribution in [0.15, 0.2) is 11.8 Å². The maximum Gasteiger partial charge on any atom is 0.310 e. The van der Waals surface area contributed by atoms with Gasteiger partial charge in [0.1, 0.15) is 23.8 Å². The normalized spacial score (nSPS) is 53.6. The van der Waals surface area contributed by atoms with Crippen LogP contribution in [-0.2, 0) is 33.3 Å². The minimum absolute atomic E-state index is 0.108. The quantitative estimate of drug-likeness (QED) is 0.574. The van der Waals surface area contributed by atoms with Crippen LogP contribution in [0.25, 0.3) is 0 Å². The number of hydrogen-bond acceptors (Lipinski definition) is 7. The second-order valence-electron chi connectivity index (χ2n) is 10.1. The highest BCUT2D eigenvalue weighted by molar-refractivity contribution is 5.86. The maximum atomic E-state index is 13.7. The zero-order valence-electron chi connectivity index (χ0n) is 17.0. The summed E-state index contributed by atoms with van der Waals surface area (Å²) in [6, 6.07) is 0. The first kappa shape index (κ1) is 18.5. The Bertz CT molecular complexity index is 808. The molecule has 0 radical (unpaired) electrons. The van der Waals surface area contributed by atoms with Crippen molar-refractivity contribution < 1.29 is 33.3 Å². The van der Waals surface area contributed by atoms with E-state index in [0.29, 0.717) is 37.5 Å². The standard InChI is InChI=1S/C22H28O7/c1-19-7-6-17(24)29-16(19)4-3-13-14-5-8-21(20(14,2)9-15(23)18(13)19)22(28-12-26-21)10-25-11-27-22/h4,13-14,18H,3,5-12H2,1-2H3/t13-,14+,18-,19-,20-,21-,22-/m0/s1. The van der Waals surface area contributed by atoms with Crippen LogP contribution < -0.4 is 0 Å². The number of esters is 1. The van der Waals surface area contributed by atoms with Gasteiger partial charge < -0.3 is 23.7 Å². The highest BCUT2D eigenvalue weighted by Crippen LogP contribution is 2.70. The molecule has 158 valence electrons. The molecule has 3 aliphatic heterocycles. The molecule has 0 N–H and O–H groups in total. The fraction of sp³-hybridized carbons (Fsp3) is 0.818. The molecule has 0 aromatic rings. The summed E-state index contributed by atoms with van der Waals surface area (Å²) < 4.78 is 29.4. The van der Waals surface area contributed by atoms with Gasteiger partial charge in [-0.3, -0.25) is 9.59 Å². The Balaban J connectivity index is 1.42. The van der Waals surface area contributed by atoms with Gasteiger partial charge in [-0.15, -0.1) is 0 Å². The van der Waals surface area contributed by atoms with E-state index in [0.717, 1.165) is 19.3 Å². The predicted octanol–water partition coefficient (Wildman–Crippen LogP) is 2.68. The molecule has 0 bridgehead atoms. The molecular formula is C22H28O7. The molecule has 6 rings (SSSR count). The SMILES string of the molecule is C[C@]12CCC(=O)OC1=CC[C@@H]1[C@H]2C(=O)C[C@@]2(C)[C@@H]1CC[C@]21OCO[C@@]12COCO2. The number of carbonyl (C=O) groups is 2. The monoisotopic (exact) mass is 404 g/mol. The number of hydrogen-bond donors (Lipinski definition) is 0. The highest BCUT2D eigenvalue weighted by atomic mass is 16.9. The first-order valence-electron chi connectivity index (χ1n) is 10.8. The predicted molar refractivity (Wildman–Crippen MR) is 98.0 cm³/mol. The Hall–Kier alpha value is -1.28. The van der Waals surface area contributed by atoms with Crippen molar-refractivity contribution in [3.05, 3.63) is 11.8 Å². The van der Waals surface area contributed by atoms with E-state index in [4.69, 9.17) is 23.7 Å². The fourth-order valence-electron chi connectivity index (χ4n) is 7.88. The number of Topliss-reactive ketones (excluding diaryl/α,β-unsaturated/α-hetero) is 1. The van der Waals surface area contributed by atoms with Gasteiger partial charge in [-0.05, 0) is 43.6 Å². The summed E-state index contributed by atoms with van der Waals surface area (Å²) in [5, 5.41) is 0. The van der Waals surface area contributed by atoms with Gasteiger partial charge in [0.05, 0.1) is 0 Å². The van der Waals surface area contributed by atoms with Crippen LogP contribution in [-0.4, -0.2) is 43.3 Å². The Morgan fingerprint density at radius 3 is 2.69 bits per heavy atom. The van der Waals surface area contributed by atoms with Gasteiger partial charge in [0.2, 0.25) is 5.79 Å². The van der Waals surface area contributed by atoms with Gasteiger partial charge in [-0.1, -0.05) is 13.8 Å². The second kappa shape index (κ2) is 5.69. The minimum Gasteiger partial charge on any atom is -0.431 e. The van der Waals surface area contributed by atoms with E-state index in [2.05, 4.69) is 19.9 Å². The van der Waals surface area contributed by atoms with Crippen molar-refractivity contribution in [3.8, 4) is 0 Å². The minimum atomic E-state index is -0.913. The fourth-order valence-corrected chi connectivity index (χ4v) is 7.88. The number of carbonyl (C=O) groups excluding carboxylic acids is 2. The number of rotatable bonds is 0. The molecule has 3 heterocycles. The maximum absolute atomic E-state index is 13.7. The summed E-state index contributed by atoms with van der Waals surface area (Å²) in [4.78, 5) is 25.6. The summed E-state index contributed by atoms with van der Waals surface area (Å²) in [5.74, 6) is 0.299. The van der Waals surface area contributed by atoms with Gasteiger partial charge in [-0.2, -0.15) is 0 Å². The molecule has 7 atom stereocenters. The Morgan fingerprint density at radius 2 is 1.90 bits per heavy atom. The summed E-state index contributed by atoms with van der Waals surface area (Å²) in [6.45, 7) is 5.01. The molecule has 5 fully saturated rings. The largest absolute Gasteiger partial charge is 0.431 e. The molecule has 3 aliphatic carbocycles. The zero-order valence-corrected chi connectivity index (χ0v) is 17.0. The molecule has 2 spiro atoms. The summed E-state index contributed by atoms with van der Waals surface area (Å²) in [5.41, 5.74) is -1.42. The van der Waals surface area contributed by atoms with Crippen LogP contribution in [0.3, 0.4) is 0 Å². The van der Waals surface area contributed by atoms with Crippen LogP contribution in [0, 0.1) is 28.6 Å². The molecule has 0 unspecified atom stereocenters. The van der Waals surface area contributed by atoms with Gasteiger partial charge in [0.25, 0.3) is 0 Å². The average Bonchev–Trinajstić information content (AvgIpc) is 3.37. The van der Waals surface area contributed by atoms with E-state index in [1.165, 1.54) is 0 Å². The van der Waals surface area contributed by atoms with Gasteiger partial charge >= 0.3 is 5.97 Å². The van der Waals surface area contributed by atoms with Crippen LogP contribution in [0.4, 0.5) is 0 Å². The van der Waals surface area contributed by atoms with Gasteiger partial charge in [-0.25, -0.2) is 0 Å². The van der Waals surface area contributed by atoms with Crippen molar-refractivity contribution in [2.45, 2.75) is 63.8 Å². The first-order valence-corrected chi connectivity index (χ1v) is 10.8. The molecule has 0 aromatic carbocycles. The van der Waals surface area contributed by atoms with Crippen molar-refractivity contribution in [1.82, 2.24) is 0 Å². The Kier molecular flexibility index (Phi) is 3.63. The molecule has 2 saturated carbocycles. The van der Waals surface area contributed by atoms with Gasteiger partial charge in [0, 0.05) is 29.6 Å². The first-order chi connectivity index (χ1) is 13.9. The lowest BCUT2D eigenvalue weighted by atomic mass is 9.48. The van der Waals surface area contributed by atoms with E-state index < -0.39 is 11.4 Å².